The highest BCUT2D eigenvalue weighted by Gasteiger charge is 2.26. The SMILES string of the molecule is Cc1cccc(C(N)(N)c2ccccc2)c1N. The lowest BCUT2D eigenvalue weighted by Gasteiger charge is -2.27. The molecule has 0 radical (unpaired) electrons. The number of benzene rings is 2. The van der Waals surface area contributed by atoms with E-state index in [-0.39, 0.29) is 0 Å². The third-order valence-electron chi connectivity index (χ3n) is 3.02. The zero-order valence-corrected chi connectivity index (χ0v) is 9.85. The molecule has 0 bridgehead atoms. The Hall–Kier alpha value is -1.84. The van der Waals surface area contributed by atoms with E-state index in [0.29, 0.717) is 5.69 Å². The fourth-order valence-electron chi connectivity index (χ4n) is 1.91. The number of anilines is 1. The van der Waals surface area contributed by atoms with Crippen LogP contribution in [0, 0.1) is 6.92 Å². The van der Waals surface area contributed by atoms with Gasteiger partial charge in [0.2, 0.25) is 0 Å². The Labute approximate surface area is 101 Å². The van der Waals surface area contributed by atoms with Gasteiger partial charge in [-0.1, -0.05) is 48.5 Å². The third kappa shape index (κ3) is 2.02. The van der Waals surface area contributed by atoms with Gasteiger partial charge in [0, 0.05) is 11.3 Å². The molecule has 0 unspecified atom stereocenters. The van der Waals surface area contributed by atoms with Crippen LogP contribution in [0.25, 0.3) is 0 Å². The van der Waals surface area contributed by atoms with Gasteiger partial charge in [-0.3, -0.25) is 0 Å². The van der Waals surface area contributed by atoms with Crippen LogP contribution in [0.4, 0.5) is 5.69 Å². The Kier molecular flexibility index (Phi) is 2.88. The molecule has 3 nitrogen and oxygen atoms in total. The van der Waals surface area contributed by atoms with E-state index < -0.39 is 5.66 Å². The standard InChI is InChI=1S/C14H17N3/c1-10-6-5-9-12(13(10)15)14(16,17)11-7-3-2-4-8-11/h2-9H,15-17H2,1H3. The summed E-state index contributed by atoms with van der Waals surface area (Å²) in [4.78, 5) is 0. The van der Waals surface area contributed by atoms with Crippen molar-refractivity contribution in [1.29, 1.82) is 0 Å². The molecular weight excluding hydrogens is 210 g/mol. The van der Waals surface area contributed by atoms with Crippen molar-refractivity contribution in [3.05, 3.63) is 65.2 Å². The number of hydrogen-bond acceptors (Lipinski definition) is 3. The van der Waals surface area contributed by atoms with Crippen molar-refractivity contribution < 1.29 is 0 Å². The van der Waals surface area contributed by atoms with Gasteiger partial charge in [-0.05, 0) is 18.1 Å². The summed E-state index contributed by atoms with van der Waals surface area (Å²) in [7, 11) is 0. The van der Waals surface area contributed by atoms with E-state index in [9.17, 15) is 0 Å². The summed E-state index contributed by atoms with van der Waals surface area (Å²) < 4.78 is 0. The van der Waals surface area contributed by atoms with E-state index in [0.717, 1.165) is 16.7 Å². The van der Waals surface area contributed by atoms with E-state index in [1.54, 1.807) is 0 Å². The van der Waals surface area contributed by atoms with Gasteiger partial charge in [0.1, 0.15) is 5.66 Å². The van der Waals surface area contributed by atoms with Crippen LogP contribution in [0.15, 0.2) is 48.5 Å². The van der Waals surface area contributed by atoms with Crippen molar-refractivity contribution in [3.63, 3.8) is 0 Å². The second-order valence-electron chi connectivity index (χ2n) is 4.27. The van der Waals surface area contributed by atoms with Crippen LogP contribution in [-0.2, 0) is 5.66 Å². The Morgan fingerprint density at radius 2 is 1.53 bits per heavy atom. The van der Waals surface area contributed by atoms with E-state index in [1.165, 1.54) is 0 Å². The quantitative estimate of drug-likeness (QED) is 0.539. The molecule has 0 atom stereocenters. The minimum Gasteiger partial charge on any atom is -0.398 e. The highest BCUT2D eigenvalue weighted by Crippen LogP contribution is 2.28. The van der Waals surface area contributed by atoms with Gasteiger partial charge in [-0.25, -0.2) is 0 Å². The highest BCUT2D eigenvalue weighted by atomic mass is 15.0. The molecule has 88 valence electrons. The van der Waals surface area contributed by atoms with Crippen LogP contribution in [-0.4, -0.2) is 0 Å². The fraction of sp³-hybridized carbons (Fsp3) is 0.143. The van der Waals surface area contributed by atoms with E-state index >= 15 is 0 Å². The van der Waals surface area contributed by atoms with Crippen molar-refractivity contribution >= 4 is 5.69 Å². The minimum absolute atomic E-state index is 0.654. The molecule has 0 aliphatic heterocycles. The van der Waals surface area contributed by atoms with Crippen LogP contribution in [0.3, 0.4) is 0 Å². The molecule has 3 heteroatoms. The fourth-order valence-corrected chi connectivity index (χ4v) is 1.91. The number of nitrogens with two attached hydrogens (primary N) is 3. The summed E-state index contributed by atoms with van der Waals surface area (Å²) in [6, 6.07) is 15.3. The predicted molar refractivity (Wildman–Crippen MR) is 71.2 cm³/mol. The molecule has 2 aromatic rings. The van der Waals surface area contributed by atoms with Crippen molar-refractivity contribution in [2.24, 2.45) is 11.5 Å². The molecule has 0 aliphatic carbocycles. The minimum atomic E-state index is -1.06. The molecule has 2 aromatic carbocycles. The number of para-hydroxylation sites is 1. The van der Waals surface area contributed by atoms with Crippen LogP contribution >= 0.6 is 0 Å². The molecule has 0 amide bonds. The highest BCUT2D eigenvalue weighted by molar-refractivity contribution is 5.58. The van der Waals surface area contributed by atoms with Crippen LogP contribution in [0.2, 0.25) is 0 Å². The van der Waals surface area contributed by atoms with Gasteiger partial charge in [0.25, 0.3) is 0 Å². The molecule has 6 N–H and O–H groups in total. The Morgan fingerprint density at radius 1 is 0.882 bits per heavy atom. The van der Waals surface area contributed by atoms with E-state index in [4.69, 9.17) is 17.2 Å². The van der Waals surface area contributed by atoms with Crippen molar-refractivity contribution in [2.45, 2.75) is 12.6 Å². The number of hydrogen-bond donors (Lipinski definition) is 3. The zero-order chi connectivity index (χ0) is 12.5. The van der Waals surface area contributed by atoms with Crippen molar-refractivity contribution in [2.75, 3.05) is 5.73 Å². The molecule has 17 heavy (non-hydrogen) atoms. The summed E-state index contributed by atoms with van der Waals surface area (Å²) >= 11 is 0. The first-order chi connectivity index (χ1) is 8.03. The van der Waals surface area contributed by atoms with Crippen molar-refractivity contribution in [3.8, 4) is 0 Å². The average molecular weight is 227 g/mol. The molecule has 0 fully saturated rings. The lowest BCUT2D eigenvalue weighted by atomic mass is 9.90. The number of nitrogen functional groups attached to an aromatic ring is 1. The van der Waals surface area contributed by atoms with Crippen LogP contribution in [0.1, 0.15) is 16.7 Å². The van der Waals surface area contributed by atoms with Gasteiger partial charge in [-0.15, -0.1) is 0 Å². The summed E-state index contributed by atoms with van der Waals surface area (Å²) in [6.07, 6.45) is 0. The van der Waals surface area contributed by atoms with Gasteiger partial charge < -0.3 is 17.2 Å². The number of aryl methyl sites for hydroxylation is 1. The second-order valence-corrected chi connectivity index (χ2v) is 4.27. The number of rotatable bonds is 2. The smallest absolute Gasteiger partial charge is 0.118 e. The molecule has 0 spiro atoms. The monoisotopic (exact) mass is 227 g/mol. The van der Waals surface area contributed by atoms with Crippen LogP contribution < -0.4 is 17.2 Å². The summed E-state index contributed by atoms with van der Waals surface area (Å²) in [5.74, 6) is 0. The van der Waals surface area contributed by atoms with Crippen molar-refractivity contribution in [1.82, 2.24) is 0 Å². The Balaban J connectivity index is 2.56. The Bertz CT molecular complexity index is 518. The topological polar surface area (TPSA) is 78.1 Å². The van der Waals surface area contributed by atoms with E-state index in [2.05, 4.69) is 0 Å². The molecule has 0 aromatic heterocycles. The maximum absolute atomic E-state index is 6.23. The maximum atomic E-state index is 6.23. The summed E-state index contributed by atoms with van der Waals surface area (Å²) in [5.41, 5.74) is 20.7. The summed E-state index contributed by atoms with van der Waals surface area (Å²) in [6.45, 7) is 1.94. The lowest BCUT2D eigenvalue weighted by Crippen LogP contribution is -2.47. The summed E-state index contributed by atoms with van der Waals surface area (Å²) in [5, 5.41) is 0. The predicted octanol–water partition coefficient (Wildman–Crippen LogP) is 1.70. The molecular formula is C14H17N3. The normalized spacial score (nSPS) is 11.5. The Morgan fingerprint density at radius 3 is 2.18 bits per heavy atom. The molecule has 2 rings (SSSR count). The second kappa shape index (κ2) is 4.20. The van der Waals surface area contributed by atoms with Crippen LogP contribution in [0.5, 0.6) is 0 Å². The molecule has 0 saturated heterocycles. The first-order valence-corrected chi connectivity index (χ1v) is 5.52. The van der Waals surface area contributed by atoms with Gasteiger partial charge in [0.15, 0.2) is 0 Å². The molecule has 0 aliphatic rings. The first-order valence-electron chi connectivity index (χ1n) is 5.52. The average Bonchev–Trinajstić information content (AvgIpc) is 2.33. The lowest BCUT2D eigenvalue weighted by molar-refractivity contribution is 0.569. The third-order valence-corrected chi connectivity index (χ3v) is 3.02. The molecule has 0 saturated carbocycles. The molecule has 0 heterocycles. The van der Waals surface area contributed by atoms with E-state index in [1.807, 2.05) is 55.5 Å². The largest absolute Gasteiger partial charge is 0.398 e. The van der Waals surface area contributed by atoms with Gasteiger partial charge >= 0.3 is 0 Å². The zero-order valence-electron chi connectivity index (χ0n) is 9.85. The van der Waals surface area contributed by atoms with Gasteiger partial charge in [0.05, 0.1) is 0 Å². The van der Waals surface area contributed by atoms with Gasteiger partial charge in [-0.2, -0.15) is 0 Å². The first kappa shape index (κ1) is 11.6. The maximum Gasteiger partial charge on any atom is 0.118 e.